The van der Waals surface area contributed by atoms with Crippen LogP contribution in [0.25, 0.3) is 11.4 Å². The first-order chi connectivity index (χ1) is 14.0. The van der Waals surface area contributed by atoms with Crippen molar-refractivity contribution in [1.82, 2.24) is 19.9 Å². The van der Waals surface area contributed by atoms with Gasteiger partial charge in [-0.15, -0.1) is 0 Å². The Morgan fingerprint density at radius 3 is 2.59 bits per heavy atom. The van der Waals surface area contributed by atoms with Gasteiger partial charge in [-0.1, -0.05) is 6.07 Å². The Labute approximate surface area is 176 Å². The van der Waals surface area contributed by atoms with Crippen LogP contribution in [0.3, 0.4) is 0 Å². The van der Waals surface area contributed by atoms with E-state index in [1.54, 1.807) is 29.3 Å². The third-order valence-electron chi connectivity index (χ3n) is 4.34. The van der Waals surface area contributed by atoms with Crippen LogP contribution < -0.4 is 4.74 Å². The molecule has 6 nitrogen and oxygen atoms in total. The lowest BCUT2D eigenvalue weighted by Crippen LogP contribution is -2.42. The lowest BCUT2D eigenvalue weighted by atomic mass is 10.0. The van der Waals surface area contributed by atoms with E-state index >= 15 is 0 Å². The van der Waals surface area contributed by atoms with Crippen LogP contribution in [0.4, 0.5) is 4.39 Å². The first-order valence-electron chi connectivity index (χ1n) is 9.12. The van der Waals surface area contributed by atoms with E-state index in [1.807, 2.05) is 19.9 Å². The molecule has 0 bridgehead atoms. The standard InChI is InChI=1S/C21H20BrFN4O2/c1-3-27(14(2)13-29-18-9-8-15(22)12-26-18)21(28)16-6-4-7-17(23)19(16)20-24-10-5-11-25-20/h4-12,14H,3,13H2,1-2H3. The molecule has 3 aromatic rings. The van der Waals surface area contributed by atoms with Gasteiger partial charge in [-0.3, -0.25) is 4.79 Å². The van der Waals surface area contributed by atoms with Crippen molar-refractivity contribution in [2.24, 2.45) is 0 Å². The average molecular weight is 459 g/mol. The van der Waals surface area contributed by atoms with Crippen molar-refractivity contribution >= 4 is 21.8 Å². The highest BCUT2D eigenvalue weighted by molar-refractivity contribution is 9.10. The summed E-state index contributed by atoms with van der Waals surface area (Å²) in [6.07, 6.45) is 4.67. The van der Waals surface area contributed by atoms with E-state index in [1.165, 1.54) is 24.5 Å². The SMILES string of the molecule is CCN(C(=O)c1cccc(F)c1-c1ncccn1)C(C)COc1ccc(Br)cn1. The van der Waals surface area contributed by atoms with Crippen LogP contribution in [0.1, 0.15) is 24.2 Å². The third-order valence-corrected chi connectivity index (χ3v) is 4.81. The molecule has 3 rings (SSSR count). The van der Waals surface area contributed by atoms with E-state index in [0.717, 1.165) is 4.47 Å². The minimum atomic E-state index is -0.541. The van der Waals surface area contributed by atoms with Crippen LogP contribution in [0.2, 0.25) is 0 Å². The second-order valence-electron chi connectivity index (χ2n) is 6.30. The van der Waals surface area contributed by atoms with Gasteiger partial charge in [0, 0.05) is 35.7 Å². The predicted molar refractivity (Wildman–Crippen MR) is 111 cm³/mol. The van der Waals surface area contributed by atoms with Gasteiger partial charge >= 0.3 is 0 Å². The number of halogens is 2. The number of likely N-dealkylation sites (N-methyl/N-ethyl adjacent to an activating group) is 1. The van der Waals surface area contributed by atoms with Gasteiger partial charge in [-0.25, -0.2) is 19.3 Å². The summed E-state index contributed by atoms with van der Waals surface area (Å²) in [4.78, 5) is 27.3. The highest BCUT2D eigenvalue weighted by Crippen LogP contribution is 2.25. The van der Waals surface area contributed by atoms with Gasteiger partial charge in [0.05, 0.1) is 17.2 Å². The Morgan fingerprint density at radius 2 is 1.93 bits per heavy atom. The summed E-state index contributed by atoms with van der Waals surface area (Å²) in [6.45, 7) is 4.42. The second kappa shape index (κ2) is 9.56. The molecule has 0 aliphatic carbocycles. The van der Waals surface area contributed by atoms with Gasteiger partial charge in [0.1, 0.15) is 12.4 Å². The van der Waals surface area contributed by atoms with Crippen LogP contribution in [-0.4, -0.2) is 45.0 Å². The molecule has 2 heterocycles. The molecule has 0 aliphatic heterocycles. The summed E-state index contributed by atoms with van der Waals surface area (Å²) in [5.41, 5.74) is 0.311. The number of rotatable bonds is 7. The maximum absolute atomic E-state index is 14.6. The number of benzene rings is 1. The third kappa shape index (κ3) is 4.95. The van der Waals surface area contributed by atoms with Crippen LogP contribution >= 0.6 is 15.9 Å². The molecule has 0 saturated heterocycles. The Balaban J connectivity index is 1.82. The number of pyridine rings is 1. The number of amides is 1. The van der Waals surface area contributed by atoms with Crippen molar-refractivity contribution < 1.29 is 13.9 Å². The number of hydrogen-bond donors (Lipinski definition) is 0. The number of ether oxygens (including phenoxy) is 1. The smallest absolute Gasteiger partial charge is 0.255 e. The maximum Gasteiger partial charge on any atom is 0.255 e. The van der Waals surface area contributed by atoms with Crippen molar-refractivity contribution in [3.05, 3.63) is 70.8 Å². The molecule has 0 spiro atoms. The molecule has 29 heavy (non-hydrogen) atoms. The molecule has 1 unspecified atom stereocenters. The zero-order chi connectivity index (χ0) is 20.8. The zero-order valence-corrected chi connectivity index (χ0v) is 17.6. The fourth-order valence-electron chi connectivity index (χ4n) is 2.91. The normalized spacial score (nSPS) is 11.7. The summed E-state index contributed by atoms with van der Waals surface area (Å²) in [5.74, 6) is -0.212. The summed E-state index contributed by atoms with van der Waals surface area (Å²) < 4.78 is 21.1. The van der Waals surface area contributed by atoms with E-state index in [9.17, 15) is 9.18 Å². The van der Waals surface area contributed by atoms with Crippen LogP contribution in [0.15, 0.2) is 59.5 Å². The van der Waals surface area contributed by atoms with Gasteiger partial charge in [-0.05, 0) is 54.0 Å². The molecule has 0 radical (unpaired) electrons. The highest BCUT2D eigenvalue weighted by Gasteiger charge is 2.25. The Morgan fingerprint density at radius 1 is 1.17 bits per heavy atom. The molecule has 0 fully saturated rings. The molecule has 1 atom stereocenters. The topological polar surface area (TPSA) is 68.2 Å². The number of carbonyl (C=O) groups is 1. The molecule has 0 N–H and O–H groups in total. The number of aromatic nitrogens is 3. The van der Waals surface area contributed by atoms with Crippen molar-refractivity contribution in [3.63, 3.8) is 0 Å². The minimum Gasteiger partial charge on any atom is -0.475 e. The van der Waals surface area contributed by atoms with Crippen LogP contribution in [0, 0.1) is 5.82 Å². The van der Waals surface area contributed by atoms with Crippen molar-refractivity contribution in [1.29, 1.82) is 0 Å². The fraction of sp³-hybridized carbons (Fsp3) is 0.238. The summed E-state index contributed by atoms with van der Waals surface area (Å²) in [6, 6.07) is 9.34. The first kappa shape index (κ1) is 20.9. The molecular weight excluding hydrogens is 439 g/mol. The van der Waals surface area contributed by atoms with E-state index in [0.29, 0.717) is 12.4 Å². The zero-order valence-electron chi connectivity index (χ0n) is 16.0. The summed E-state index contributed by atoms with van der Waals surface area (Å²) in [7, 11) is 0. The van der Waals surface area contributed by atoms with E-state index in [2.05, 4.69) is 30.9 Å². The van der Waals surface area contributed by atoms with Gasteiger partial charge in [0.15, 0.2) is 5.82 Å². The molecule has 0 saturated carbocycles. The Bertz CT molecular complexity index is 970. The molecule has 150 valence electrons. The van der Waals surface area contributed by atoms with Crippen LogP contribution in [-0.2, 0) is 0 Å². The van der Waals surface area contributed by atoms with E-state index < -0.39 is 5.82 Å². The van der Waals surface area contributed by atoms with Gasteiger partial charge in [0.2, 0.25) is 5.88 Å². The van der Waals surface area contributed by atoms with Gasteiger partial charge in [-0.2, -0.15) is 0 Å². The van der Waals surface area contributed by atoms with Crippen molar-refractivity contribution in [2.75, 3.05) is 13.2 Å². The first-order valence-corrected chi connectivity index (χ1v) is 9.91. The highest BCUT2D eigenvalue weighted by atomic mass is 79.9. The van der Waals surface area contributed by atoms with Crippen molar-refractivity contribution in [3.8, 4) is 17.3 Å². The molecule has 8 heteroatoms. The summed E-state index contributed by atoms with van der Waals surface area (Å²) in [5, 5.41) is 0. The molecular formula is C21H20BrFN4O2. The van der Waals surface area contributed by atoms with Crippen molar-refractivity contribution in [2.45, 2.75) is 19.9 Å². The fourth-order valence-corrected chi connectivity index (χ4v) is 3.15. The lowest BCUT2D eigenvalue weighted by molar-refractivity contribution is 0.0646. The summed E-state index contributed by atoms with van der Waals surface area (Å²) >= 11 is 3.32. The van der Waals surface area contributed by atoms with E-state index in [4.69, 9.17) is 4.74 Å². The number of hydrogen-bond acceptors (Lipinski definition) is 5. The molecule has 0 aliphatic rings. The number of nitrogens with zero attached hydrogens (tertiary/aromatic N) is 4. The molecule has 2 aromatic heterocycles. The Hall–Kier alpha value is -2.87. The quantitative estimate of drug-likeness (QED) is 0.525. The second-order valence-corrected chi connectivity index (χ2v) is 7.22. The van der Waals surface area contributed by atoms with Crippen LogP contribution in [0.5, 0.6) is 5.88 Å². The average Bonchev–Trinajstić information content (AvgIpc) is 2.74. The van der Waals surface area contributed by atoms with Gasteiger partial charge < -0.3 is 9.64 Å². The maximum atomic E-state index is 14.6. The Kier molecular flexibility index (Phi) is 6.87. The largest absolute Gasteiger partial charge is 0.475 e. The van der Waals surface area contributed by atoms with E-state index in [-0.39, 0.29) is 35.5 Å². The monoisotopic (exact) mass is 458 g/mol. The minimum absolute atomic E-state index is 0.0965. The molecule has 1 amide bonds. The van der Waals surface area contributed by atoms with Gasteiger partial charge in [0.25, 0.3) is 5.91 Å². The predicted octanol–water partition coefficient (Wildman–Crippen LogP) is 4.37. The lowest BCUT2D eigenvalue weighted by Gasteiger charge is -2.28. The molecule has 1 aromatic carbocycles. The number of carbonyl (C=O) groups excluding carboxylic acids is 1.